The van der Waals surface area contributed by atoms with Gasteiger partial charge in [-0.05, 0) is 24.7 Å². The number of thiazole rings is 1. The van der Waals surface area contributed by atoms with Gasteiger partial charge in [0.25, 0.3) is 0 Å². The molecule has 3 rings (SSSR count). The molecule has 0 bridgehead atoms. The minimum Gasteiger partial charge on any atom is -0.308 e. The molecule has 1 N–H and O–H groups in total. The number of nitrogens with zero attached hydrogens (tertiary/aromatic N) is 2. The number of nitrogens with one attached hydrogen (secondary N) is 1. The lowest BCUT2D eigenvalue weighted by atomic mass is 10.0. The summed E-state index contributed by atoms with van der Waals surface area (Å²) in [5.74, 6) is 0. The molecular weight excluding hydrogens is 218 g/mol. The molecule has 2 heterocycles. The van der Waals surface area contributed by atoms with E-state index in [1.54, 1.807) is 11.3 Å². The molecule has 1 saturated heterocycles. The molecule has 4 heteroatoms. The highest BCUT2D eigenvalue weighted by molar-refractivity contribution is 7.16. The summed E-state index contributed by atoms with van der Waals surface area (Å²) in [6.45, 7) is 3.30. The monoisotopic (exact) mass is 233 g/mol. The second kappa shape index (κ2) is 4.13. The third kappa shape index (κ3) is 1.84. The number of fused-ring (bicyclic) bond motifs is 1. The van der Waals surface area contributed by atoms with Crippen molar-refractivity contribution in [2.45, 2.75) is 6.04 Å². The van der Waals surface area contributed by atoms with Crippen molar-refractivity contribution >= 4 is 21.6 Å². The van der Waals surface area contributed by atoms with Gasteiger partial charge in [0.2, 0.25) is 0 Å². The van der Waals surface area contributed by atoms with Gasteiger partial charge < -0.3 is 10.2 Å². The smallest absolute Gasteiger partial charge is 0.0812 e. The van der Waals surface area contributed by atoms with Crippen LogP contribution in [0.1, 0.15) is 11.6 Å². The summed E-state index contributed by atoms with van der Waals surface area (Å²) in [7, 11) is 2.18. The fourth-order valence-corrected chi connectivity index (χ4v) is 2.93. The van der Waals surface area contributed by atoms with Crippen LogP contribution < -0.4 is 5.32 Å². The van der Waals surface area contributed by atoms with Crippen LogP contribution >= 0.6 is 11.3 Å². The van der Waals surface area contributed by atoms with Gasteiger partial charge in [-0.2, -0.15) is 0 Å². The standard InChI is InChI=1S/C12H15N3S/c1-15-5-4-13-11(7-15)9-2-3-10-12(6-9)16-8-14-10/h2-3,6,8,11,13H,4-5,7H2,1H3. The van der Waals surface area contributed by atoms with Crippen molar-refractivity contribution in [1.29, 1.82) is 0 Å². The number of likely N-dealkylation sites (N-methyl/N-ethyl adjacent to an activating group) is 1. The minimum atomic E-state index is 0.463. The number of hydrogen-bond acceptors (Lipinski definition) is 4. The molecule has 1 unspecified atom stereocenters. The molecule has 1 atom stereocenters. The topological polar surface area (TPSA) is 28.2 Å². The number of hydrogen-bond donors (Lipinski definition) is 1. The number of benzene rings is 1. The lowest BCUT2D eigenvalue weighted by Gasteiger charge is -2.31. The first-order chi connectivity index (χ1) is 7.83. The van der Waals surface area contributed by atoms with Crippen molar-refractivity contribution in [3.05, 3.63) is 29.3 Å². The quantitative estimate of drug-likeness (QED) is 0.815. The van der Waals surface area contributed by atoms with E-state index in [-0.39, 0.29) is 0 Å². The summed E-state index contributed by atoms with van der Waals surface area (Å²) < 4.78 is 1.28. The molecule has 0 amide bonds. The Labute approximate surface area is 99.1 Å². The molecule has 2 aromatic rings. The van der Waals surface area contributed by atoms with Crippen molar-refractivity contribution in [3.8, 4) is 0 Å². The van der Waals surface area contributed by atoms with E-state index < -0.39 is 0 Å². The SMILES string of the molecule is CN1CCNC(c2ccc3ncsc3c2)C1. The van der Waals surface area contributed by atoms with E-state index in [1.165, 1.54) is 10.3 Å². The van der Waals surface area contributed by atoms with Crippen LogP contribution in [0.3, 0.4) is 0 Å². The van der Waals surface area contributed by atoms with Gasteiger partial charge >= 0.3 is 0 Å². The molecule has 16 heavy (non-hydrogen) atoms. The second-order valence-corrected chi connectivity index (χ2v) is 5.23. The molecule has 0 saturated carbocycles. The van der Waals surface area contributed by atoms with E-state index in [0.717, 1.165) is 25.2 Å². The van der Waals surface area contributed by atoms with Crippen LogP contribution in [0, 0.1) is 0 Å². The highest BCUT2D eigenvalue weighted by Gasteiger charge is 2.18. The summed E-state index contributed by atoms with van der Waals surface area (Å²) in [5, 5.41) is 3.57. The minimum absolute atomic E-state index is 0.463. The lowest BCUT2D eigenvalue weighted by Crippen LogP contribution is -2.43. The van der Waals surface area contributed by atoms with Crippen LogP contribution in [0.15, 0.2) is 23.7 Å². The Morgan fingerprint density at radius 2 is 2.44 bits per heavy atom. The van der Waals surface area contributed by atoms with Crippen molar-refractivity contribution in [3.63, 3.8) is 0 Å². The maximum Gasteiger partial charge on any atom is 0.0812 e. The Balaban J connectivity index is 1.92. The largest absolute Gasteiger partial charge is 0.308 e. The van der Waals surface area contributed by atoms with Gasteiger partial charge in [-0.25, -0.2) is 4.98 Å². The summed E-state index contributed by atoms with van der Waals surface area (Å²) >= 11 is 1.71. The first-order valence-electron chi connectivity index (χ1n) is 5.58. The van der Waals surface area contributed by atoms with Gasteiger partial charge in [-0.1, -0.05) is 6.07 Å². The first kappa shape index (κ1) is 10.2. The zero-order chi connectivity index (χ0) is 11.0. The Morgan fingerprint density at radius 1 is 1.50 bits per heavy atom. The average molecular weight is 233 g/mol. The fraction of sp³-hybridized carbons (Fsp3) is 0.417. The summed E-state index contributed by atoms with van der Waals surface area (Å²) in [4.78, 5) is 6.68. The van der Waals surface area contributed by atoms with E-state index in [0.29, 0.717) is 6.04 Å². The van der Waals surface area contributed by atoms with Crippen LogP contribution in [0.2, 0.25) is 0 Å². The van der Waals surface area contributed by atoms with Crippen molar-refractivity contribution in [1.82, 2.24) is 15.2 Å². The Bertz CT molecular complexity index is 494. The van der Waals surface area contributed by atoms with Gasteiger partial charge in [0.1, 0.15) is 0 Å². The van der Waals surface area contributed by atoms with Gasteiger partial charge in [-0.3, -0.25) is 0 Å². The van der Waals surface area contributed by atoms with Crippen molar-refractivity contribution < 1.29 is 0 Å². The molecule has 1 aliphatic heterocycles. The van der Waals surface area contributed by atoms with Crippen LogP contribution in [0.5, 0.6) is 0 Å². The van der Waals surface area contributed by atoms with Crippen LogP contribution in [0.25, 0.3) is 10.2 Å². The van der Waals surface area contributed by atoms with Crippen molar-refractivity contribution in [2.75, 3.05) is 26.7 Å². The number of piperazine rings is 1. The predicted molar refractivity (Wildman–Crippen MR) is 67.9 cm³/mol. The second-order valence-electron chi connectivity index (χ2n) is 4.35. The lowest BCUT2D eigenvalue weighted by molar-refractivity contribution is 0.241. The van der Waals surface area contributed by atoms with E-state index in [1.807, 2.05) is 5.51 Å². The van der Waals surface area contributed by atoms with Crippen LogP contribution in [-0.2, 0) is 0 Å². The van der Waals surface area contributed by atoms with Crippen molar-refractivity contribution in [2.24, 2.45) is 0 Å². The molecule has 0 spiro atoms. The summed E-state index contributed by atoms with van der Waals surface area (Å²) in [6.07, 6.45) is 0. The van der Waals surface area contributed by atoms with E-state index in [2.05, 4.69) is 40.4 Å². The summed E-state index contributed by atoms with van der Waals surface area (Å²) in [5.41, 5.74) is 4.40. The third-order valence-electron chi connectivity index (χ3n) is 3.14. The molecule has 0 aliphatic carbocycles. The highest BCUT2D eigenvalue weighted by atomic mass is 32.1. The Kier molecular flexibility index (Phi) is 2.63. The predicted octanol–water partition coefficient (Wildman–Crippen LogP) is 1.87. The average Bonchev–Trinajstić information content (AvgIpc) is 2.75. The molecule has 3 nitrogen and oxygen atoms in total. The van der Waals surface area contributed by atoms with Crippen LogP contribution in [-0.4, -0.2) is 36.6 Å². The zero-order valence-corrected chi connectivity index (χ0v) is 10.1. The van der Waals surface area contributed by atoms with E-state index in [4.69, 9.17) is 0 Å². The molecule has 1 aromatic carbocycles. The Hall–Kier alpha value is -0.970. The highest BCUT2D eigenvalue weighted by Crippen LogP contribution is 2.24. The molecule has 1 aromatic heterocycles. The maximum absolute atomic E-state index is 4.31. The third-order valence-corrected chi connectivity index (χ3v) is 3.93. The molecular formula is C12H15N3S. The van der Waals surface area contributed by atoms with Gasteiger partial charge in [-0.15, -0.1) is 11.3 Å². The van der Waals surface area contributed by atoms with Gasteiger partial charge in [0, 0.05) is 25.7 Å². The maximum atomic E-state index is 4.31. The molecule has 0 radical (unpaired) electrons. The van der Waals surface area contributed by atoms with Gasteiger partial charge in [0.15, 0.2) is 0 Å². The normalized spacial score (nSPS) is 22.7. The van der Waals surface area contributed by atoms with E-state index >= 15 is 0 Å². The molecule has 1 fully saturated rings. The molecule has 1 aliphatic rings. The zero-order valence-electron chi connectivity index (χ0n) is 9.31. The first-order valence-corrected chi connectivity index (χ1v) is 6.46. The summed E-state index contributed by atoms with van der Waals surface area (Å²) in [6, 6.07) is 7.05. The number of aromatic nitrogens is 1. The van der Waals surface area contributed by atoms with Crippen LogP contribution in [0.4, 0.5) is 0 Å². The Morgan fingerprint density at radius 3 is 3.31 bits per heavy atom. The molecule has 84 valence electrons. The van der Waals surface area contributed by atoms with Gasteiger partial charge in [0.05, 0.1) is 15.7 Å². The van der Waals surface area contributed by atoms with E-state index in [9.17, 15) is 0 Å². The fourth-order valence-electron chi connectivity index (χ4n) is 2.21. The number of rotatable bonds is 1.